The Morgan fingerprint density at radius 1 is 0.476 bits per heavy atom. The van der Waals surface area contributed by atoms with E-state index in [1.54, 1.807) is 0 Å². The zero-order valence-corrected chi connectivity index (χ0v) is 25.3. The van der Waals surface area contributed by atoms with Crippen LogP contribution in [0.1, 0.15) is 101 Å². The number of nitrogens with two attached hydrogens (primary N) is 2. The Bertz CT molecular complexity index is 1230. The van der Waals surface area contributed by atoms with Crippen molar-refractivity contribution in [1.29, 1.82) is 0 Å². The molecule has 4 nitrogen and oxygen atoms in total. The van der Waals surface area contributed by atoms with Crippen molar-refractivity contribution >= 4 is 11.4 Å². The summed E-state index contributed by atoms with van der Waals surface area (Å²) in [5.74, 6) is 3.23. The molecule has 0 saturated carbocycles. The van der Waals surface area contributed by atoms with E-state index in [2.05, 4.69) is 31.2 Å². The summed E-state index contributed by atoms with van der Waals surface area (Å²) in [7, 11) is 0. The molecule has 0 atom stereocenters. The first-order valence-electron chi connectivity index (χ1n) is 15.9. The van der Waals surface area contributed by atoms with E-state index in [1.807, 2.05) is 72.8 Å². The Balaban J connectivity index is 1.37. The fraction of sp³-hybridized carbons (Fsp3) is 0.368. The van der Waals surface area contributed by atoms with E-state index in [9.17, 15) is 0 Å². The molecule has 0 fully saturated rings. The Morgan fingerprint density at radius 3 is 1.26 bits per heavy atom. The molecule has 0 aliphatic carbocycles. The van der Waals surface area contributed by atoms with Gasteiger partial charge in [0.05, 0.1) is 11.4 Å². The highest BCUT2D eigenvalue weighted by Crippen LogP contribution is 2.35. The van der Waals surface area contributed by atoms with Crippen LogP contribution in [-0.4, -0.2) is 0 Å². The van der Waals surface area contributed by atoms with Crippen LogP contribution in [0.3, 0.4) is 0 Å². The molecule has 222 valence electrons. The highest BCUT2D eigenvalue weighted by atomic mass is 16.5. The summed E-state index contributed by atoms with van der Waals surface area (Å²) < 4.78 is 12.1. The lowest BCUT2D eigenvalue weighted by Crippen LogP contribution is -2.02. The molecule has 0 radical (unpaired) electrons. The van der Waals surface area contributed by atoms with Gasteiger partial charge in [-0.15, -0.1) is 0 Å². The zero-order valence-electron chi connectivity index (χ0n) is 25.3. The summed E-state index contributed by atoms with van der Waals surface area (Å²) in [5.41, 5.74) is 16.0. The van der Waals surface area contributed by atoms with Gasteiger partial charge in [-0.2, -0.15) is 0 Å². The fourth-order valence-corrected chi connectivity index (χ4v) is 5.48. The first kappa shape index (κ1) is 31.0. The number of para-hydroxylation sites is 4. The average Bonchev–Trinajstić information content (AvgIpc) is 3.01. The van der Waals surface area contributed by atoms with Crippen molar-refractivity contribution in [2.45, 2.75) is 89.9 Å². The molecule has 0 bridgehead atoms. The smallest absolute Gasteiger partial charge is 0.150 e. The van der Waals surface area contributed by atoms with Gasteiger partial charge < -0.3 is 20.9 Å². The summed E-state index contributed by atoms with van der Waals surface area (Å²) in [6.45, 7) is 2.28. The number of benzene rings is 4. The van der Waals surface area contributed by atoms with Gasteiger partial charge in [-0.1, -0.05) is 126 Å². The predicted octanol–water partition coefficient (Wildman–Crippen LogP) is 11.3. The Morgan fingerprint density at radius 2 is 0.857 bits per heavy atom. The molecule has 0 aliphatic rings. The van der Waals surface area contributed by atoms with E-state index in [-0.39, 0.29) is 0 Å². The van der Waals surface area contributed by atoms with Crippen LogP contribution in [0.25, 0.3) is 0 Å². The minimum Gasteiger partial charge on any atom is -0.455 e. The van der Waals surface area contributed by atoms with Crippen molar-refractivity contribution < 1.29 is 9.47 Å². The maximum Gasteiger partial charge on any atom is 0.150 e. The minimum absolute atomic E-state index is 0.301. The van der Waals surface area contributed by atoms with Crippen LogP contribution in [-0.2, 0) is 0 Å². The van der Waals surface area contributed by atoms with Gasteiger partial charge in [-0.3, -0.25) is 0 Å². The van der Waals surface area contributed by atoms with Gasteiger partial charge in [0.1, 0.15) is 23.0 Å². The van der Waals surface area contributed by atoms with Crippen LogP contribution < -0.4 is 20.9 Å². The van der Waals surface area contributed by atoms with Crippen LogP contribution in [0.15, 0.2) is 97.1 Å². The second-order valence-electron chi connectivity index (χ2n) is 11.3. The van der Waals surface area contributed by atoms with Gasteiger partial charge >= 0.3 is 0 Å². The lowest BCUT2D eigenvalue weighted by Gasteiger charge is -2.19. The molecule has 4 aromatic rings. The zero-order chi connectivity index (χ0) is 29.4. The minimum atomic E-state index is 0.301. The van der Waals surface area contributed by atoms with Crippen molar-refractivity contribution in [2.75, 3.05) is 11.5 Å². The van der Waals surface area contributed by atoms with E-state index in [0.29, 0.717) is 28.8 Å². The van der Waals surface area contributed by atoms with Gasteiger partial charge in [0.25, 0.3) is 0 Å². The maximum atomic E-state index is 6.08. The molecule has 0 saturated heterocycles. The van der Waals surface area contributed by atoms with E-state index in [0.717, 1.165) is 17.9 Å². The monoisotopic (exact) mass is 564 g/mol. The summed E-state index contributed by atoms with van der Waals surface area (Å²) in [6.07, 6.45) is 15.9. The van der Waals surface area contributed by atoms with Crippen molar-refractivity contribution in [2.24, 2.45) is 0 Å². The number of unbranched alkanes of at least 4 members (excludes halogenated alkanes) is 10. The molecule has 4 aromatic carbocycles. The van der Waals surface area contributed by atoms with E-state index in [4.69, 9.17) is 20.9 Å². The molecule has 0 aromatic heterocycles. The molecule has 0 unspecified atom stereocenters. The quantitative estimate of drug-likeness (QED) is 0.0931. The van der Waals surface area contributed by atoms with Gasteiger partial charge in [0.2, 0.25) is 0 Å². The summed E-state index contributed by atoms with van der Waals surface area (Å²) in [5, 5.41) is 0. The Hall–Kier alpha value is -3.92. The van der Waals surface area contributed by atoms with Gasteiger partial charge in [-0.25, -0.2) is 0 Å². The van der Waals surface area contributed by atoms with Crippen LogP contribution in [0.4, 0.5) is 11.4 Å². The molecule has 0 aliphatic heterocycles. The maximum absolute atomic E-state index is 6.08. The number of hydrogen-bond acceptors (Lipinski definition) is 4. The average molecular weight is 565 g/mol. The van der Waals surface area contributed by atoms with Crippen LogP contribution in [0.2, 0.25) is 0 Å². The van der Waals surface area contributed by atoms with Gasteiger partial charge in [0, 0.05) is 5.92 Å². The predicted molar refractivity (Wildman–Crippen MR) is 178 cm³/mol. The normalized spacial score (nSPS) is 11.1. The van der Waals surface area contributed by atoms with Crippen molar-refractivity contribution in [3.63, 3.8) is 0 Å². The molecule has 0 spiro atoms. The SMILES string of the molecule is CCCCCCCCCCCCCC(c1ccc(Oc2ccccc2N)cc1)c1ccc(Oc2ccccc2N)cc1. The highest BCUT2D eigenvalue weighted by Gasteiger charge is 2.15. The molecule has 4 rings (SSSR count). The third-order valence-electron chi connectivity index (χ3n) is 7.95. The number of ether oxygens (including phenoxy) is 2. The molecule has 0 amide bonds. The number of nitrogen functional groups attached to an aromatic ring is 2. The standard InChI is InChI=1S/C38H48N2O2/c1-2-3-4-5-6-7-8-9-10-11-12-17-34(30-22-26-32(27-23-30)41-37-20-15-13-18-35(37)39)31-24-28-33(29-25-31)42-38-21-16-14-19-36(38)40/h13-16,18-29,34H,2-12,17,39-40H2,1H3. The van der Waals surface area contributed by atoms with Crippen molar-refractivity contribution in [3.05, 3.63) is 108 Å². The highest BCUT2D eigenvalue weighted by molar-refractivity contribution is 5.54. The molecule has 4 heteroatoms. The lowest BCUT2D eigenvalue weighted by molar-refractivity contribution is 0.484. The topological polar surface area (TPSA) is 70.5 Å². The summed E-state index contributed by atoms with van der Waals surface area (Å²) >= 11 is 0. The van der Waals surface area contributed by atoms with Crippen LogP contribution >= 0.6 is 0 Å². The molecular formula is C38H48N2O2. The van der Waals surface area contributed by atoms with Crippen molar-refractivity contribution in [1.82, 2.24) is 0 Å². The number of rotatable bonds is 18. The van der Waals surface area contributed by atoms with E-state index >= 15 is 0 Å². The molecule has 42 heavy (non-hydrogen) atoms. The van der Waals surface area contributed by atoms with Gasteiger partial charge in [0.15, 0.2) is 0 Å². The summed E-state index contributed by atoms with van der Waals surface area (Å²) in [6, 6.07) is 32.1. The largest absolute Gasteiger partial charge is 0.455 e. The summed E-state index contributed by atoms with van der Waals surface area (Å²) in [4.78, 5) is 0. The third-order valence-corrected chi connectivity index (χ3v) is 7.95. The van der Waals surface area contributed by atoms with Gasteiger partial charge in [-0.05, 0) is 66.1 Å². The number of hydrogen-bond donors (Lipinski definition) is 2. The molecule has 4 N–H and O–H groups in total. The van der Waals surface area contributed by atoms with Crippen LogP contribution in [0.5, 0.6) is 23.0 Å². The molecular weight excluding hydrogens is 516 g/mol. The van der Waals surface area contributed by atoms with Crippen molar-refractivity contribution in [3.8, 4) is 23.0 Å². The fourth-order valence-electron chi connectivity index (χ4n) is 5.48. The second kappa shape index (κ2) is 17.1. The Kier molecular flexibility index (Phi) is 12.7. The van der Waals surface area contributed by atoms with E-state index in [1.165, 1.54) is 81.8 Å². The first-order chi connectivity index (χ1) is 20.6. The lowest BCUT2D eigenvalue weighted by atomic mass is 9.86. The number of anilines is 2. The first-order valence-corrected chi connectivity index (χ1v) is 15.9. The third kappa shape index (κ3) is 9.87. The van der Waals surface area contributed by atoms with Crippen LogP contribution in [0, 0.1) is 0 Å². The second-order valence-corrected chi connectivity index (χ2v) is 11.3. The molecule has 0 heterocycles. The van der Waals surface area contributed by atoms with E-state index < -0.39 is 0 Å². The Labute approximate surface area is 253 Å².